The average Bonchev–Trinajstić information content (AvgIpc) is 2.99. The number of amides is 1. The largest absolute Gasteiger partial charge is 0.321 e. The van der Waals surface area contributed by atoms with Gasteiger partial charge in [-0.2, -0.15) is 0 Å². The van der Waals surface area contributed by atoms with Crippen LogP contribution in [0.15, 0.2) is 24.3 Å². The van der Waals surface area contributed by atoms with Crippen LogP contribution in [0.25, 0.3) is 0 Å². The van der Waals surface area contributed by atoms with E-state index >= 15 is 0 Å². The number of nitrogens with one attached hydrogen (secondary N) is 1. The van der Waals surface area contributed by atoms with Crippen molar-refractivity contribution in [2.24, 2.45) is 5.92 Å². The summed E-state index contributed by atoms with van der Waals surface area (Å²) in [6.45, 7) is 0.843. The molecule has 0 aromatic heterocycles. The first kappa shape index (κ1) is 13.3. The zero-order valence-electron chi connectivity index (χ0n) is 12.1. The quantitative estimate of drug-likeness (QED) is 0.927. The van der Waals surface area contributed by atoms with Gasteiger partial charge in [0.25, 0.3) is 0 Å². The second-order valence-corrected chi connectivity index (χ2v) is 6.79. The maximum absolute atomic E-state index is 13.1. The van der Waals surface area contributed by atoms with Gasteiger partial charge in [-0.05, 0) is 49.3 Å². The van der Waals surface area contributed by atoms with Crippen molar-refractivity contribution in [3.63, 3.8) is 0 Å². The number of nitrogens with zero attached hydrogens (tertiary/aromatic N) is 1. The Hall–Kier alpha value is -1.42. The van der Waals surface area contributed by atoms with Gasteiger partial charge in [-0.1, -0.05) is 25.0 Å². The summed E-state index contributed by atoms with van der Waals surface area (Å²) in [5.41, 5.74) is 0.684. The van der Waals surface area contributed by atoms with Gasteiger partial charge in [-0.15, -0.1) is 0 Å². The predicted octanol–water partition coefficient (Wildman–Crippen LogP) is 2.98. The molecule has 2 saturated carbocycles. The van der Waals surface area contributed by atoms with Crippen molar-refractivity contribution in [2.75, 3.05) is 6.54 Å². The van der Waals surface area contributed by atoms with Gasteiger partial charge < -0.3 is 4.90 Å². The third-order valence-electron chi connectivity index (χ3n) is 5.26. The van der Waals surface area contributed by atoms with Gasteiger partial charge in [0.15, 0.2) is 0 Å². The number of carbonyl (C=O) groups excluding carboxylic acids is 1. The summed E-state index contributed by atoms with van der Waals surface area (Å²) in [7, 11) is 0. The molecule has 0 radical (unpaired) electrons. The fourth-order valence-electron chi connectivity index (χ4n) is 3.84. The van der Waals surface area contributed by atoms with E-state index in [0.717, 1.165) is 24.9 Å². The Balaban J connectivity index is 1.60. The summed E-state index contributed by atoms with van der Waals surface area (Å²) in [4.78, 5) is 14.7. The standard InChI is InChI=1S/C17H21FN2O/c18-14-7-5-13(6-8-14)15-19-17(9-10-17)16(21)20(15)11-12-3-1-2-4-12/h5-8,12,15,19H,1-4,9-11H2. The van der Waals surface area contributed by atoms with Crippen LogP contribution in [0.3, 0.4) is 0 Å². The molecule has 4 rings (SSSR count). The Morgan fingerprint density at radius 2 is 1.86 bits per heavy atom. The summed E-state index contributed by atoms with van der Waals surface area (Å²) in [6.07, 6.45) is 6.81. The zero-order valence-corrected chi connectivity index (χ0v) is 12.1. The summed E-state index contributed by atoms with van der Waals surface area (Å²) in [6, 6.07) is 6.55. The summed E-state index contributed by atoms with van der Waals surface area (Å²) in [5.74, 6) is 0.655. The summed E-state index contributed by atoms with van der Waals surface area (Å²) in [5, 5.41) is 3.50. The molecule has 1 unspecified atom stereocenters. The second-order valence-electron chi connectivity index (χ2n) is 6.79. The number of hydrogen-bond acceptors (Lipinski definition) is 2. The fourth-order valence-corrected chi connectivity index (χ4v) is 3.84. The van der Waals surface area contributed by atoms with Gasteiger partial charge in [0, 0.05) is 6.54 Å². The van der Waals surface area contributed by atoms with Crippen molar-refractivity contribution in [3.8, 4) is 0 Å². The van der Waals surface area contributed by atoms with Crippen LogP contribution in [-0.4, -0.2) is 22.9 Å². The third-order valence-corrected chi connectivity index (χ3v) is 5.26. The molecule has 0 bridgehead atoms. The van der Waals surface area contributed by atoms with Crippen LogP contribution >= 0.6 is 0 Å². The first-order chi connectivity index (χ1) is 10.2. The van der Waals surface area contributed by atoms with E-state index in [0.29, 0.717) is 5.92 Å². The van der Waals surface area contributed by atoms with Crippen LogP contribution in [0.4, 0.5) is 4.39 Å². The van der Waals surface area contributed by atoms with Crippen LogP contribution in [-0.2, 0) is 4.79 Å². The highest BCUT2D eigenvalue weighted by Crippen LogP contribution is 2.46. The molecule has 1 heterocycles. The van der Waals surface area contributed by atoms with Gasteiger partial charge >= 0.3 is 0 Å². The van der Waals surface area contributed by atoms with E-state index < -0.39 is 0 Å². The number of hydrogen-bond donors (Lipinski definition) is 1. The lowest BCUT2D eigenvalue weighted by Crippen LogP contribution is -2.35. The lowest BCUT2D eigenvalue weighted by molar-refractivity contribution is -0.131. The molecule has 1 N–H and O–H groups in total. The van der Waals surface area contributed by atoms with E-state index in [2.05, 4.69) is 5.32 Å². The molecule has 3 nitrogen and oxygen atoms in total. The van der Waals surface area contributed by atoms with Crippen LogP contribution in [0.1, 0.15) is 50.3 Å². The highest BCUT2D eigenvalue weighted by molar-refractivity contribution is 5.92. The van der Waals surface area contributed by atoms with E-state index in [1.807, 2.05) is 4.90 Å². The molecule has 1 aromatic carbocycles. The van der Waals surface area contributed by atoms with Crippen LogP contribution < -0.4 is 5.32 Å². The Kier molecular flexibility index (Phi) is 3.03. The first-order valence-electron chi connectivity index (χ1n) is 8.02. The smallest absolute Gasteiger partial charge is 0.244 e. The molecule has 3 aliphatic rings. The number of halogens is 1. The van der Waals surface area contributed by atoms with E-state index in [9.17, 15) is 9.18 Å². The molecule has 21 heavy (non-hydrogen) atoms. The molecule has 1 aromatic rings. The molecule has 1 spiro atoms. The van der Waals surface area contributed by atoms with Crippen molar-refractivity contribution in [1.82, 2.24) is 10.2 Å². The Morgan fingerprint density at radius 3 is 2.48 bits per heavy atom. The van der Waals surface area contributed by atoms with Crippen molar-refractivity contribution in [3.05, 3.63) is 35.6 Å². The second kappa shape index (κ2) is 4.80. The van der Waals surface area contributed by atoms with E-state index in [1.54, 1.807) is 12.1 Å². The topological polar surface area (TPSA) is 32.3 Å². The number of benzene rings is 1. The van der Waals surface area contributed by atoms with Gasteiger partial charge in [-0.3, -0.25) is 10.1 Å². The highest BCUT2D eigenvalue weighted by Gasteiger charge is 2.59. The normalized spacial score (nSPS) is 27.8. The van der Waals surface area contributed by atoms with Crippen LogP contribution in [0.5, 0.6) is 0 Å². The molecular formula is C17H21FN2O. The molecule has 1 atom stereocenters. The zero-order chi connectivity index (χ0) is 14.4. The Labute approximate surface area is 124 Å². The lowest BCUT2D eigenvalue weighted by Gasteiger charge is -2.27. The van der Waals surface area contributed by atoms with Gasteiger partial charge in [0.1, 0.15) is 17.5 Å². The third kappa shape index (κ3) is 2.26. The van der Waals surface area contributed by atoms with Gasteiger partial charge in [0.2, 0.25) is 5.91 Å². The number of rotatable bonds is 3. The maximum Gasteiger partial charge on any atom is 0.244 e. The molecule has 4 heteroatoms. The highest BCUT2D eigenvalue weighted by atomic mass is 19.1. The van der Waals surface area contributed by atoms with Crippen LogP contribution in [0.2, 0.25) is 0 Å². The van der Waals surface area contributed by atoms with Crippen molar-refractivity contribution in [1.29, 1.82) is 0 Å². The summed E-state index contributed by atoms with van der Waals surface area (Å²) >= 11 is 0. The molecule has 112 valence electrons. The first-order valence-corrected chi connectivity index (χ1v) is 8.02. The minimum absolute atomic E-state index is 0.0822. The van der Waals surface area contributed by atoms with Gasteiger partial charge in [0.05, 0.1) is 0 Å². The number of carbonyl (C=O) groups is 1. The molecule has 1 amide bonds. The summed E-state index contributed by atoms with van der Waals surface area (Å²) < 4.78 is 13.1. The minimum atomic E-state index is -0.308. The molecule has 2 aliphatic carbocycles. The molecule has 3 fully saturated rings. The average molecular weight is 288 g/mol. The predicted molar refractivity (Wildman–Crippen MR) is 77.9 cm³/mol. The molecular weight excluding hydrogens is 267 g/mol. The van der Waals surface area contributed by atoms with Gasteiger partial charge in [-0.25, -0.2) is 4.39 Å². The SMILES string of the molecule is O=C1N(CC2CCCC2)C(c2ccc(F)cc2)NC12CC2. The Bertz CT molecular complexity index is 546. The fraction of sp³-hybridized carbons (Fsp3) is 0.588. The lowest BCUT2D eigenvalue weighted by atomic mass is 10.1. The Morgan fingerprint density at radius 1 is 1.19 bits per heavy atom. The molecule has 1 aliphatic heterocycles. The van der Waals surface area contributed by atoms with Crippen LogP contribution in [0, 0.1) is 11.7 Å². The van der Waals surface area contributed by atoms with Crippen molar-refractivity contribution in [2.45, 2.75) is 50.2 Å². The van der Waals surface area contributed by atoms with E-state index in [-0.39, 0.29) is 23.4 Å². The van der Waals surface area contributed by atoms with E-state index in [1.165, 1.54) is 37.8 Å². The molecule has 1 saturated heterocycles. The van der Waals surface area contributed by atoms with E-state index in [4.69, 9.17) is 0 Å². The maximum atomic E-state index is 13.1. The monoisotopic (exact) mass is 288 g/mol. The van der Waals surface area contributed by atoms with Crippen molar-refractivity contribution < 1.29 is 9.18 Å². The van der Waals surface area contributed by atoms with Crippen molar-refractivity contribution >= 4 is 5.91 Å². The minimum Gasteiger partial charge on any atom is -0.321 e.